The van der Waals surface area contributed by atoms with E-state index in [9.17, 15) is 9.90 Å². The predicted molar refractivity (Wildman–Crippen MR) is 215 cm³/mol. The molecule has 0 spiro atoms. The number of methoxy groups -OCH3 is 1. The van der Waals surface area contributed by atoms with E-state index in [-0.39, 0.29) is 49.0 Å². The minimum Gasteiger partial charge on any atom is -0.467 e. The van der Waals surface area contributed by atoms with E-state index in [0.29, 0.717) is 25.9 Å². The van der Waals surface area contributed by atoms with Crippen molar-refractivity contribution in [1.29, 1.82) is 0 Å². The number of allylic oxidation sites excluding steroid dienone is 2. The molecule has 1 aromatic carbocycles. The normalized spacial score (nSPS) is 31.7. The van der Waals surface area contributed by atoms with Crippen LogP contribution in [0.5, 0.6) is 0 Å². The second-order valence-electron chi connectivity index (χ2n) is 16.4. The average Bonchev–Trinajstić information content (AvgIpc) is 3.57. The number of rotatable bonds is 21. The molecular formula is C46H70O11. The van der Waals surface area contributed by atoms with E-state index in [1.807, 2.05) is 0 Å². The molecule has 4 aliphatic heterocycles. The van der Waals surface area contributed by atoms with Crippen molar-refractivity contribution in [3.8, 4) is 0 Å². The van der Waals surface area contributed by atoms with Crippen LogP contribution in [-0.2, 0) is 53.8 Å². The zero-order valence-electron chi connectivity index (χ0n) is 34.3. The highest BCUT2D eigenvalue weighted by Crippen LogP contribution is 2.42. The Morgan fingerprint density at radius 1 is 0.754 bits per heavy atom. The molecule has 0 amide bonds. The van der Waals surface area contributed by atoms with Crippen LogP contribution in [0.4, 0.5) is 0 Å². The Kier molecular flexibility index (Phi) is 19.3. The van der Waals surface area contributed by atoms with Crippen molar-refractivity contribution in [3.05, 3.63) is 60.2 Å². The van der Waals surface area contributed by atoms with Crippen LogP contribution in [0.15, 0.2) is 54.6 Å². The third-order valence-corrected chi connectivity index (χ3v) is 12.0. The molecule has 57 heavy (non-hydrogen) atoms. The van der Waals surface area contributed by atoms with Crippen LogP contribution in [0.3, 0.4) is 0 Å². The van der Waals surface area contributed by atoms with Gasteiger partial charge >= 0.3 is 5.97 Å². The predicted octanol–water partition coefficient (Wildman–Crippen LogP) is 8.11. The molecule has 0 radical (unpaired) electrons. The van der Waals surface area contributed by atoms with Crippen molar-refractivity contribution in [2.24, 2.45) is 11.8 Å². The molecule has 5 fully saturated rings. The molecule has 6 unspecified atom stereocenters. The van der Waals surface area contributed by atoms with Crippen molar-refractivity contribution < 1.29 is 52.5 Å². The summed E-state index contributed by atoms with van der Waals surface area (Å²) in [5.74, 6) is -0.351. The fourth-order valence-corrected chi connectivity index (χ4v) is 8.79. The van der Waals surface area contributed by atoms with Crippen LogP contribution in [0.2, 0.25) is 0 Å². The molecule has 320 valence electrons. The van der Waals surface area contributed by atoms with E-state index in [0.717, 1.165) is 123 Å². The molecule has 1 aliphatic carbocycles. The zero-order chi connectivity index (χ0) is 39.5. The molecule has 1 aromatic rings. The maximum Gasteiger partial charge on any atom is 0.337 e. The van der Waals surface area contributed by atoms with Crippen LogP contribution in [-0.4, -0.2) is 100 Å². The Morgan fingerprint density at radius 3 is 1.95 bits per heavy atom. The number of carbonyl (C=O) groups is 1. The van der Waals surface area contributed by atoms with Gasteiger partial charge in [0.25, 0.3) is 0 Å². The maximum atomic E-state index is 12.5. The number of carbonyl (C=O) groups excluding carboxylic acids is 1. The molecule has 4 heterocycles. The van der Waals surface area contributed by atoms with Gasteiger partial charge in [-0.1, -0.05) is 54.6 Å². The molecule has 4 saturated heterocycles. The number of aryl methyl sites for hydroxylation is 1. The van der Waals surface area contributed by atoms with Crippen molar-refractivity contribution >= 4 is 5.97 Å². The Hall–Kier alpha value is -2.19. The molecule has 11 nitrogen and oxygen atoms in total. The van der Waals surface area contributed by atoms with Crippen LogP contribution in [0, 0.1) is 11.8 Å². The van der Waals surface area contributed by atoms with Crippen LogP contribution >= 0.6 is 0 Å². The highest BCUT2D eigenvalue weighted by molar-refractivity contribution is 5.75. The second kappa shape index (κ2) is 24.8. The van der Waals surface area contributed by atoms with Gasteiger partial charge in [0.15, 0.2) is 31.3 Å². The maximum absolute atomic E-state index is 12.5. The first kappa shape index (κ1) is 44.4. The molecule has 6 rings (SSSR count). The van der Waals surface area contributed by atoms with E-state index in [1.165, 1.54) is 12.7 Å². The summed E-state index contributed by atoms with van der Waals surface area (Å²) in [6.07, 6.45) is 22.7. The van der Waals surface area contributed by atoms with Crippen LogP contribution in [0.1, 0.15) is 121 Å². The van der Waals surface area contributed by atoms with Crippen molar-refractivity contribution in [2.75, 3.05) is 33.5 Å². The fraction of sp³-hybridized carbons (Fsp3) is 0.761. The number of hydrogen-bond acceptors (Lipinski definition) is 11. The number of ether oxygens (including phenoxy) is 9. The number of hydrogen-bond donors (Lipinski definition) is 1. The third kappa shape index (κ3) is 14.8. The first-order chi connectivity index (χ1) is 28.1. The van der Waals surface area contributed by atoms with Gasteiger partial charge in [0.2, 0.25) is 0 Å². The van der Waals surface area contributed by atoms with Crippen molar-refractivity contribution in [3.63, 3.8) is 0 Å². The lowest BCUT2D eigenvalue weighted by Crippen LogP contribution is -2.41. The molecular weight excluding hydrogens is 728 g/mol. The minimum absolute atomic E-state index is 0.0480. The lowest BCUT2D eigenvalue weighted by atomic mass is 9.89. The molecule has 11 heteroatoms. The van der Waals surface area contributed by atoms with Crippen LogP contribution in [0.25, 0.3) is 0 Å². The summed E-state index contributed by atoms with van der Waals surface area (Å²) in [4.78, 5) is 12.5. The SMILES string of the molecule is COC(=O)C(OC1CCCCO1)C(O)CCC/C=C\C[C@@H]1[C@@H](/C=C/C(CCc2ccccc2)O[C@H]2CCCCO2)[C@H](OC2CCCCO2)C[C@@H]1OC1CCCCO1. The van der Waals surface area contributed by atoms with Crippen LogP contribution < -0.4 is 0 Å². The minimum atomic E-state index is -1.07. The number of unbranched alkanes of at least 4 members (excludes halogenated alkanes) is 1. The number of esters is 1. The van der Waals surface area contributed by atoms with Gasteiger partial charge in [0.1, 0.15) is 0 Å². The molecule has 0 aromatic heterocycles. The van der Waals surface area contributed by atoms with Gasteiger partial charge in [-0.05, 0) is 127 Å². The largest absolute Gasteiger partial charge is 0.467 e. The number of aliphatic hydroxyl groups excluding tert-OH is 1. The van der Waals surface area contributed by atoms with Gasteiger partial charge in [-0.2, -0.15) is 0 Å². The van der Waals surface area contributed by atoms with Gasteiger partial charge in [-0.15, -0.1) is 0 Å². The highest BCUT2D eigenvalue weighted by atomic mass is 16.7. The summed E-state index contributed by atoms with van der Waals surface area (Å²) in [6, 6.07) is 10.6. The summed E-state index contributed by atoms with van der Waals surface area (Å²) < 4.78 is 55.1. The highest BCUT2D eigenvalue weighted by Gasteiger charge is 2.45. The quantitative estimate of drug-likeness (QED) is 0.0738. The van der Waals surface area contributed by atoms with E-state index in [4.69, 9.17) is 42.6 Å². The Bertz CT molecular complexity index is 1300. The Morgan fingerprint density at radius 2 is 1.35 bits per heavy atom. The Labute approximate surface area is 341 Å². The van der Waals surface area contributed by atoms with Gasteiger partial charge in [0, 0.05) is 38.8 Å². The monoisotopic (exact) mass is 798 g/mol. The van der Waals surface area contributed by atoms with Gasteiger partial charge in [-0.3, -0.25) is 0 Å². The van der Waals surface area contributed by atoms with E-state index >= 15 is 0 Å². The lowest BCUT2D eigenvalue weighted by molar-refractivity contribution is -0.217. The lowest BCUT2D eigenvalue weighted by Gasteiger charge is -2.30. The molecule has 5 aliphatic rings. The van der Waals surface area contributed by atoms with Gasteiger partial charge in [0.05, 0.1) is 31.5 Å². The smallest absolute Gasteiger partial charge is 0.337 e. The van der Waals surface area contributed by atoms with Crippen molar-refractivity contribution in [2.45, 2.75) is 178 Å². The fourth-order valence-electron chi connectivity index (χ4n) is 8.79. The first-order valence-corrected chi connectivity index (χ1v) is 22.3. The van der Waals surface area contributed by atoms with E-state index in [2.05, 4.69) is 54.6 Å². The molecule has 1 N–H and O–H groups in total. The van der Waals surface area contributed by atoms with Crippen molar-refractivity contribution in [1.82, 2.24) is 0 Å². The van der Waals surface area contributed by atoms with E-state index < -0.39 is 24.5 Å². The summed E-state index contributed by atoms with van der Waals surface area (Å²) in [5, 5.41) is 11.0. The van der Waals surface area contributed by atoms with Gasteiger partial charge < -0.3 is 47.7 Å². The average molecular weight is 799 g/mol. The Balaban J connectivity index is 1.14. The van der Waals surface area contributed by atoms with E-state index in [1.54, 1.807) is 0 Å². The molecule has 11 atom stereocenters. The third-order valence-electron chi connectivity index (χ3n) is 12.0. The summed E-state index contributed by atoms with van der Waals surface area (Å²) >= 11 is 0. The standard InChI is InChI=1S/C46H70O11/c1-49-46(48)45(57-44-24-12-16-32-53-44)38(47)20-8-3-2-7-19-36-37(28-27-35(54-41-21-9-13-29-50-41)26-25-34-17-5-4-6-18-34)40(56-43-23-11-15-31-52-43)33-39(36)55-42-22-10-14-30-51-42/h2,4-7,17-18,27-28,35-45,47H,3,8-16,19-26,29-33H2,1H3/b7-2-,28-27+/t35?,36-,37-,38?,39+,40-,41+,42?,43?,44?,45?/m1/s1. The summed E-state index contributed by atoms with van der Waals surface area (Å²) in [7, 11) is 1.32. The summed E-state index contributed by atoms with van der Waals surface area (Å²) in [6.45, 7) is 2.79. The second-order valence-corrected chi connectivity index (χ2v) is 16.4. The number of aliphatic hydroxyl groups is 1. The number of benzene rings is 1. The molecule has 1 saturated carbocycles. The van der Waals surface area contributed by atoms with Gasteiger partial charge in [-0.25, -0.2) is 4.79 Å². The topological polar surface area (TPSA) is 120 Å². The summed E-state index contributed by atoms with van der Waals surface area (Å²) in [5.41, 5.74) is 1.30. The zero-order valence-corrected chi connectivity index (χ0v) is 34.3. The molecule has 0 bridgehead atoms. The first-order valence-electron chi connectivity index (χ1n) is 22.3.